The van der Waals surface area contributed by atoms with Gasteiger partial charge in [0.25, 0.3) is 0 Å². The predicted molar refractivity (Wildman–Crippen MR) is 60.6 cm³/mol. The molecule has 2 aromatic rings. The SMILES string of the molecule is COc1cncc(C(=O)c2cccc(F)c2F)c1. The number of carbonyl (C=O) groups is 1. The quantitative estimate of drug-likeness (QED) is 0.785. The number of methoxy groups -OCH3 is 1. The zero-order chi connectivity index (χ0) is 13.1. The molecule has 0 radical (unpaired) electrons. The number of rotatable bonds is 3. The summed E-state index contributed by atoms with van der Waals surface area (Å²) in [6.07, 6.45) is 2.69. The second-order valence-corrected chi connectivity index (χ2v) is 3.54. The summed E-state index contributed by atoms with van der Waals surface area (Å²) in [7, 11) is 1.42. The Morgan fingerprint density at radius 1 is 1.28 bits per heavy atom. The van der Waals surface area contributed by atoms with Crippen molar-refractivity contribution in [2.75, 3.05) is 7.11 Å². The van der Waals surface area contributed by atoms with E-state index >= 15 is 0 Å². The van der Waals surface area contributed by atoms with Crippen molar-refractivity contribution in [2.45, 2.75) is 0 Å². The highest BCUT2D eigenvalue weighted by atomic mass is 19.2. The Morgan fingerprint density at radius 2 is 2.06 bits per heavy atom. The minimum Gasteiger partial charge on any atom is -0.495 e. The summed E-state index contributed by atoms with van der Waals surface area (Å²) in [5, 5.41) is 0. The van der Waals surface area contributed by atoms with Gasteiger partial charge in [-0.15, -0.1) is 0 Å². The molecule has 0 amide bonds. The van der Waals surface area contributed by atoms with E-state index in [0.29, 0.717) is 5.75 Å². The van der Waals surface area contributed by atoms with Crippen molar-refractivity contribution in [1.29, 1.82) is 0 Å². The highest BCUT2D eigenvalue weighted by molar-refractivity contribution is 6.09. The minimum atomic E-state index is -1.16. The molecule has 1 heterocycles. The van der Waals surface area contributed by atoms with Crippen LogP contribution in [0.4, 0.5) is 8.78 Å². The van der Waals surface area contributed by atoms with Crippen molar-refractivity contribution < 1.29 is 18.3 Å². The molecule has 0 atom stereocenters. The number of aromatic nitrogens is 1. The smallest absolute Gasteiger partial charge is 0.197 e. The number of pyridine rings is 1. The van der Waals surface area contributed by atoms with E-state index in [0.717, 1.165) is 6.07 Å². The minimum absolute atomic E-state index is 0.138. The van der Waals surface area contributed by atoms with Crippen LogP contribution in [0.2, 0.25) is 0 Å². The fourth-order valence-corrected chi connectivity index (χ4v) is 1.49. The topological polar surface area (TPSA) is 39.2 Å². The van der Waals surface area contributed by atoms with Gasteiger partial charge in [0.15, 0.2) is 17.4 Å². The van der Waals surface area contributed by atoms with Crippen molar-refractivity contribution in [2.24, 2.45) is 0 Å². The summed E-state index contributed by atoms with van der Waals surface area (Å²) in [5.74, 6) is -2.49. The van der Waals surface area contributed by atoms with Gasteiger partial charge in [-0.05, 0) is 18.2 Å². The lowest BCUT2D eigenvalue weighted by Gasteiger charge is -2.04. The Kier molecular flexibility index (Phi) is 3.32. The molecule has 0 bridgehead atoms. The van der Waals surface area contributed by atoms with Crippen LogP contribution in [-0.2, 0) is 0 Å². The van der Waals surface area contributed by atoms with Gasteiger partial charge in [-0.1, -0.05) is 6.07 Å². The van der Waals surface area contributed by atoms with Crippen molar-refractivity contribution >= 4 is 5.78 Å². The zero-order valence-corrected chi connectivity index (χ0v) is 9.48. The van der Waals surface area contributed by atoms with Crippen LogP contribution in [-0.4, -0.2) is 17.9 Å². The third kappa shape index (κ3) is 2.20. The second-order valence-electron chi connectivity index (χ2n) is 3.54. The number of hydrogen-bond acceptors (Lipinski definition) is 3. The molecule has 1 aromatic heterocycles. The Bertz CT molecular complexity index is 599. The fraction of sp³-hybridized carbons (Fsp3) is 0.0769. The molecular weight excluding hydrogens is 240 g/mol. The van der Waals surface area contributed by atoms with Crippen LogP contribution in [0.1, 0.15) is 15.9 Å². The third-order valence-electron chi connectivity index (χ3n) is 2.41. The van der Waals surface area contributed by atoms with E-state index in [1.807, 2.05) is 0 Å². The van der Waals surface area contributed by atoms with Gasteiger partial charge >= 0.3 is 0 Å². The van der Waals surface area contributed by atoms with E-state index in [2.05, 4.69) is 4.98 Å². The first-order chi connectivity index (χ1) is 8.63. The Hall–Kier alpha value is -2.30. The zero-order valence-electron chi connectivity index (χ0n) is 9.48. The summed E-state index contributed by atoms with van der Waals surface area (Å²) in [6, 6.07) is 4.87. The fourth-order valence-electron chi connectivity index (χ4n) is 1.49. The van der Waals surface area contributed by atoms with E-state index < -0.39 is 17.4 Å². The van der Waals surface area contributed by atoms with Crippen LogP contribution in [0.3, 0.4) is 0 Å². The van der Waals surface area contributed by atoms with Gasteiger partial charge < -0.3 is 4.74 Å². The Morgan fingerprint density at radius 3 is 2.78 bits per heavy atom. The standard InChI is InChI=1S/C13H9F2NO2/c1-18-9-5-8(6-16-7-9)13(17)10-3-2-4-11(14)12(10)15/h2-7H,1H3. The average Bonchev–Trinajstić information content (AvgIpc) is 2.41. The van der Waals surface area contributed by atoms with Crippen molar-refractivity contribution in [3.63, 3.8) is 0 Å². The van der Waals surface area contributed by atoms with E-state index in [1.165, 1.54) is 37.7 Å². The van der Waals surface area contributed by atoms with E-state index in [1.54, 1.807) is 0 Å². The Balaban J connectivity index is 2.44. The van der Waals surface area contributed by atoms with Gasteiger partial charge in [-0.3, -0.25) is 9.78 Å². The molecule has 18 heavy (non-hydrogen) atoms. The molecule has 0 aliphatic heterocycles. The van der Waals surface area contributed by atoms with E-state index in [-0.39, 0.29) is 11.1 Å². The number of benzene rings is 1. The highest BCUT2D eigenvalue weighted by Gasteiger charge is 2.17. The number of carbonyl (C=O) groups excluding carboxylic acids is 1. The molecule has 0 aliphatic rings. The van der Waals surface area contributed by atoms with Gasteiger partial charge in [0.05, 0.1) is 18.9 Å². The summed E-state index contributed by atoms with van der Waals surface area (Å²) in [4.78, 5) is 15.8. The average molecular weight is 249 g/mol. The number of ether oxygens (including phenoxy) is 1. The van der Waals surface area contributed by atoms with Crippen LogP contribution >= 0.6 is 0 Å². The maximum Gasteiger partial charge on any atom is 0.197 e. The number of nitrogens with zero attached hydrogens (tertiary/aromatic N) is 1. The molecule has 0 saturated carbocycles. The first-order valence-corrected chi connectivity index (χ1v) is 5.11. The van der Waals surface area contributed by atoms with Gasteiger partial charge in [0.1, 0.15) is 5.75 Å². The Labute approximate surface area is 102 Å². The normalized spacial score (nSPS) is 10.2. The van der Waals surface area contributed by atoms with Crippen molar-refractivity contribution in [1.82, 2.24) is 4.98 Å². The molecule has 0 spiro atoms. The van der Waals surface area contributed by atoms with Crippen LogP contribution in [0.15, 0.2) is 36.7 Å². The largest absolute Gasteiger partial charge is 0.495 e. The molecule has 0 unspecified atom stereocenters. The molecule has 5 heteroatoms. The van der Waals surface area contributed by atoms with Gasteiger partial charge in [-0.2, -0.15) is 0 Å². The molecular formula is C13H9F2NO2. The lowest BCUT2D eigenvalue weighted by Crippen LogP contribution is -2.06. The van der Waals surface area contributed by atoms with Crippen LogP contribution in [0.25, 0.3) is 0 Å². The summed E-state index contributed by atoms with van der Waals surface area (Å²) in [5.41, 5.74) is -0.191. The number of ketones is 1. The number of hydrogen-bond donors (Lipinski definition) is 0. The lowest BCUT2D eigenvalue weighted by molar-refractivity contribution is 0.103. The van der Waals surface area contributed by atoms with Crippen LogP contribution in [0, 0.1) is 11.6 Å². The van der Waals surface area contributed by atoms with Crippen LogP contribution in [0.5, 0.6) is 5.75 Å². The van der Waals surface area contributed by atoms with Crippen molar-refractivity contribution in [3.05, 3.63) is 59.4 Å². The van der Waals surface area contributed by atoms with Gasteiger partial charge in [-0.25, -0.2) is 8.78 Å². The van der Waals surface area contributed by atoms with E-state index in [9.17, 15) is 13.6 Å². The maximum absolute atomic E-state index is 13.5. The lowest BCUT2D eigenvalue weighted by atomic mass is 10.0. The van der Waals surface area contributed by atoms with Gasteiger partial charge in [0.2, 0.25) is 0 Å². The highest BCUT2D eigenvalue weighted by Crippen LogP contribution is 2.18. The second kappa shape index (κ2) is 4.91. The number of halogens is 2. The molecule has 1 aromatic carbocycles. The molecule has 0 N–H and O–H groups in total. The summed E-state index contributed by atoms with van der Waals surface area (Å²) >= 11 is 0. The monoisotopic (exact) mass is 249 g/mol. The molecule has 2 rings (SSSR count). The molecule has 0 fully saturated rings. The summed E-state index contributed by atoms with van der Waals surface area (Å²) < 4.78 is 31.4. The molecule has 3 nitrogen and oxygen atoms in total. The molecule has 92 valence electrons. The van der Waals surface area contributed by atoms with Gasteiger partial charge in [0, 0.05) is 11.8 Å². The van der Waals surface area contributed by atoms with E-state index in [4.69, 9.17) is 4.74 Å². The third-order valence-corrected chi connectivity index (χ3v) is 2.41. The maximum atomic E-state index is 13.5. The van der Waals surface area contributed by atoms with Crippen LogP contribution < -0.4 is 4.74 Å². The first kappa shape index (κ1) is 12.2. The molecule has 0 aliphatic carbocycles. The van der Waals surface area contributed by atoms with Crippen molar-refractivity contribution in [3.8, 4) is 5.75 Å². The first-order valence-electron chi connectivity index (χ1n) is 5.11. The predicted octanol–water partition coefficient (Wildman–Crippen LogP) is 2.60. The summed E-state index contributed by atoms with van der Waals surface area (Å²) in [6.45, 7) is 0. The molecule has 0 saturated heterocycles.